The molecular weight excluding hydrogens is 584 g/mol. The van der Waals surface area contributed by atoms with Crippen molar-refractivity contribution in [3.63, 3.8) is 0 Å². The third kappa shape index (κ3) is 6.13. The van der Waals surface area contributed by atoms with E-state index in [1.807, 2.05) is 44.4 Å². The van der Waals surface area contributed by atoms with Crippen LogP contribution in [0.2, 0.25) is 0 Å². The van der Waals surface area contributed by atoms with Crippen LogP contribution in [-0.4, -0.2) is 72.2 Å². The van der Waals surface area contributed by atoms with Gasteiger partial charge in [0.1, 0.15) is 0 Å². The van der Waals surface area contributed by atoms with Crippen molar-refractivity contribution in [1.29, 1.82) is 0 Å². The first-order valence-corrected chi connectivity index (χ1v) is 15.2. The number of anilines is 2. The lowest BCUT2D eigenvalue weighted by Crippen LogP contribution is -3.00. The number of rotatable bonds is 10. The molecule has 12 heteroatoms. The lowest BCUT2D eigenvalue weighted by atomic mass is 10.2. The number of carbonyl (C=O) groups excluding carboxylic acids is 1. The Labute approximate surface area is 250 Å². The fourth-order valence-electron chi connectivity index (χ4n) is 4.80. The Kier molecular flexibility index (Phi) is 9.43. The molecule has 1 aliphatic rings. The summed E-state index contributed by atoms with van der Waals surface area (Å²) in [6.07, 6.45) is 1.41. The largest absolute Gasteiger partial charge is 1.00 e. The highest BCUT2D eigenvalue weighted by atomic mass is 35.5. The Morgan fingerprint density at radius 1 is 1.00 bits per heavy atom. The van der Waals surface area contributed by atoms with Gasteiger partial charge in [-0.3, -0.25) is 14.0 Å². The molecule has 0 aliphatic carbocycles. The van der Waals surface area contributed by atoms with Crippen molar-refractivity contribution in [3.8, 4) is 11.5 Å². The Hall–Kier alpha value is -3.38. The van der Waals surface area contributed by atoms with Gasteiger partial charge >= 0.3 is 0 Å². The Balaban J connectivity index is 0.00000387. The van der Waals surface area contributed by atoms with Crippen molar-refractivity contribution in [1.82, 2.24) is 9.88 Å². The molecule has 9 nitrogen and oxygen atoms in total. The van der Waals surface area contributed by atoms with Crippen LogP contribution in [0.5, 0.6) is 11.5 Å². The summed E-state index contributed by atoms with van der Waals surface area (Å²) in [6.45, 7) is 1.65. The zero-order valence-corrected chi connectivity index (χ0v) is 25.7. The number of thiazole rings is 1. The summed E-state index contributed by atoms with van der Waals surface area (Å²) >= 11 is 1.40. The number of sulfonamides is 1. The Morgan fingerprint density at radius 2 is 1.68 bits per heavy atom. The van der Waals surface area contributed by atoms with Crippen molar-refractivity contribution in [2.45, 2.75) is 17.7 Å². The van der Waals surface area contributed by atoms with Gasteiger partial charge in [0.25, 0.3) is 15.9 Å². The number of carbonyl (C=O) groups is 1. The van der Waals surface area contributed by atoms with Gasteiger partial charge in [-0.15, -0.1) is 0 Å². The summed E-state index contributed by atoms with van der Waals surface area (Å²) in [5.41, 5.74) is 2.81. The topological polar surface area (TPSA) is 92.3 Å². The molecule has 0 saturated carbocycles. The van der Waals surface area contributed by atoms with Crippen LogP contribution in [0.3, 0.4) is 0 Å². The minimum atomic E-state index is -3.75. The van der Waals surface area contributed by atoms with Gasteiger partial charge in [-0.25, -0.2) is 13.4 Å². The van der Waals surface area contributed by atoms with Gasteiger partial charge in [-0.05, 0) is 69.4 Å². The van der Waals surface area contributed by atoms with Gasteiger partial charge in [0.05, 0.1) is 35.0 Å². The highest BCUT2D eigenvalue weighted by Crippen LogP contribution is 2.38. The zero-order chi connectivity index (χ0) is 28.4. The number of aromatic nitrogens is 1. The van der Waals surface area contributed by atoms with E-state index < -0.39 is 10.0 Å². The monoisotopic (exact) mass is 615 g/mol. The average molecular weight is 616 g/mol. The summed E-state index contributed by atoms with van der Waals surface area (Å²) < 4.78 is 40.0. The van der Waals surface area contributed by atoms with Gasteiger partial charge in [-0.2, -0.15) is 0 Å². The van der Waals surface area contributed by atoms with E-state index in [9.17, 15) is 13.2 Å². The number of hydrogen-bond acceptors (Lipinski definition) is 8. The maximum absolute atomic E-state index is 13.8. The Morgan fingerprint density at radius 3 is 2.37 bits per heavy atom. The van der Waals surface area contributed by atoms with Gasteiger partial charge in [0.2, 0.25) is 0 Å². The number of nitrogens with zero attached hydrogens (tertiary/aromatic N) is 4. The fraction of sp³-hybridized carbons (Fsp3) is 0.310. The van der Waals surface area contributed by atoms with Crippen molar-refractivity contribution >= 4 is 48.3 Å². The number of fused-ring (bicyclic) bond motifs is 2. The molecule has 0 saturated heterocycles. The first-order valence-electron chi connectivity index (χ1n) is 12.9. The quantitative estimate of drug-likeness (QED) is 0.268. The molecule has 1 amide bonds. The third-order valence-electron chi connectivity index (χ3n) is 6.88. The average Bonchev–Trinajstić information content (AvgIpc) is 3.58. The van der Waals surface area contributed by atoms with E-state index in [4.69, 9.17) is 14.5 Å². The second-order valence-electron chi connectivity index (χ2n) is 9.77. The van der Waals surface area contributed by atoms with Crippen LogP contribution >= 0.6 is 11.3 Å². The summed E-state index contributed by atoms with van der Waals surface area (Å²) in [5.74, 6) is 0.912. The smallest absolute Gasteiger partial charge is 0.264 e. The first kappa shape index (κ1) is 30.6. The highest BCUT2D eigenvalue weighted by Gasteiger charge is 2.31. The van der Waals surface area contributed by atoms with Crippen molar-refractivity contribution in [2.24, 2.45) is 0 Å². The van der Waals surface area contributed by atoms with E-state index in [-0.39, 0.29) is 23.2 Å². The standard InChI is InChI=1S/C29H32N4O5S2.ClH/c1-31(2)15-7-16-32(29-30-23-18-25(37-3)26(38-4)19-27(23)39-29)28(34)21-10-12-22(13-11-21)40(35,36)33-17-14-20-8-5-6-9-24(20)33;/h5-6,8-13,18-19H,7,14-17H2,1-4H3;1H/p-1. The molecule has 0 radical (unpaired) electrons. The van der Waals surface area contributed by atoms with E-state index in [0.29, 0.717) is 52.9 Å². The molecule has 4 aromatic rings. The number of hydrogen-bond donors (Lipinski definition) is 0. The molecule has 41 heavy (non-hydrogen) atoms. The summed E-state index contributed by atoms with van der Waals surface area (Å²) in [4.78, 5) is 22.4. The number of methoxy groups -OCH3 is 2. The summed E-state index contributed by atoms with van der Waals surface area (Å²) in [7, 11) is 3.37. The summed E-state index contributed by atoms with van der Waals surface area (Å²) in [6, 6.07) is 17.4. The molecule has 1 aromatic heterocycles. The van der Waals surface area contributed by atoms with Crippen molar-refractivity contribution in [3.05, 3.63) is 71.8 Å². The first-order chi connectivity index (χ1) is 19.2. The van der Waals surface area contributed by atoms with Crippen LogP contribution in [0.25, 0.3) is 10.2 Å². The van der Waals surface area contributed by atoms with Crippen LogP contribution in [0.15, 0.2) is 65.6 Å². The normalized spacial score (nSPS) is 12.8. The van der Waals surface area contributed by atoms with E-state index >= 15 is 0 Å². The fourth-order valence-corrected chi connectivity index (χ4v) is 7.30. The van der Waals surface area contributed by atoms with E-state index in [0.717, 1.165) is 23.2 Å². The van der Waals surface area contributed by atoms with E-state index in [1.54, 1.807) is 37.3 Å². The molecule has 3 aromatic carbocycles. The van der Waals surface area contributed by atoms with E-state index in [1.165, 1.54) is 27.8 Å². The highest BCUT2D eigenvalue weighted by molar-refractivity contribution is 7.92. The number of amides is 1. The second kappa shape index (κ2) is 12.6. The van der Waals surface area contributed by atoms with Crippen molar-refractivity contribution < 1.29 is 35.1 Å². The molecule has 0 spiro atoms. The predicted molar refractivity (Wildman–Crippen MR) is 159 cm³/mol. The minimum absolute atomic E-state index is 0. The SMILES string of the molecule is COc1cc2nc(N(CCCN(C)C)C(=O)c3ccc(S(=O)(=O)N4CCc5ccccc54)cc3)sc2cc1OC.[Cl-]. The molecule has 218 valence electrons. The van der Waals surface area contributed by atoms with Crippen LogP contribution < -0.4 is 31.1 Å². The van der Waals surface area contributed by atoms with Gasteiger partial charge in [-0.1, -0.05) is 29.5 Å². The second-order valence-corrected chi connectivity index (χ2v) is 12.6. The molecule has 0 N–H and O–H groups in total. The molecule has 0 unspecified atom stereocenters. The van der Waals surface area contributed by atoms with Crippen LogP contribution in [0, 0.1) is 0 Å². The van der Waals surface area contributed by atoms with Crippen LogP contribution in [0.1, 0.15) is 22.3 Å². The third-order valence-corrected chi connectivity index (χ3v) is 9.75. The predicted octanol–water partition coefficient (Wildman–Crippen LogP) is 1.67. The number of benzene rings is 3. The van der Waals surface area contributed by atoms with Gasteiger partial charge < -0.3 is 26.8 Å². The number of para-hydroxylation sites is 1. The van der Waals surface area contributed by atoms with E-state index in [2.05, 4.69) is 4.90 Å². The van der Waals surface area contributed by atoms with Gasteiger partial charge in [0, 0.05) is 30.8 Å². The Bertz CT molecular complexity index is 1600. The van der Waals surface area contributed by atoms with Crippen LogP contribution in [0.4, 0.5) is 10.8 Å². The molecule has 1 aliphatic heterocycles. The molecule has 0 atom stereocenters. The lowest BCUT2D eigenvalue weighted by molar-refractivity contribution is -0.0000185. The van der Waals surface area contributed by atoms with Crippen LogP contribution in [-0.2, 0) is 16.4 Å². The molecular formula is C29H32ClN4O5S2-. The van der Waals surface area contributed by atoms with Crippen molar-refractivity contribution in [2.75, 3.05) is 57.2 Å². The molecule has 0 bridgehead atoms. The van der Waals surface area contributed by atoms with Gasteiger partial charge in [0.15, 0.2) is 16.6 Å². The summed E-state index contributed by atoms with van der Waals surface area (Å²) in [5, 5.41) is 0.555. The molecule has 0 fully saturated rings. The maximum Gasteiger partial charge on any atom is 0.264 e. The zero-order valence-electron chi connectivity index (χ0n) is 23.3. The number of ether oxygens (including phenoxy) is 2. The molecule has 2 heterocycles. The number of halogens is 1. The molecule has 5 rings (SSSR count). The maximum atomic E-state index is 13.8. The lowest BCUT2D eigenvalue weighted by Gasteiger charge is -2.22. The minimum Gasteiger partial charge on any atom is -1.00 e.